The lowest BCUT2D eigenvalue weighted by atomic mass is 10.1. The Bertz CT molecular complexity index is 571. The molecule has 1 aliphatic carbocycles. The third-order valence-corrected chi connectivity index (χ3v) is 4.48. The molecule has 1 aromatic carbocycles. The molecule has 7 heteroatoms. The first kappa shape index (κ1) is 22.0. The van der Waals surface area contributed by atoms with Gasteiger partial charge in [-0.25, -0.2) is 4.39 Å². The maximum atomic E-state index is 13.9. The van der Waals surface area contributed by atoms with Gasteiger partial charge >= 0.3 is 0 Å². The van der Waals surface area contributed by atoms with Crippen molar-refractivity contribution >= 4 is 29.9 Å². The van der Waals surface area contributed by atoms with Gasteiger partial charge in [0.15, 0.2) is 17.5 Å². The Morgan fingerprint density at radius 3 is 2.76 bits per heavy atom. The molecule has 3 atom stereocenters. The van der Waals surface area contributed by atoms with Crippen LogP contribution in [0, 0.1) is 11.7 Å². The van der Waals surface area contributed by atoms with Crippen LogP contribution in [0.2, 0.25) is 0 Å². The summed E-state index contributed by atoms with van der Waals surface area (Å²) in [6.07, 6.45) is 2.70. The average molecular weight is 465 g/mol. The molecule has 3 unspecified atom stereocenters. The van der Waals surface area contributed by atoms with E-state index < -0.39 is 0 Å². The molecule has 5 nitrogen and oxygen atoms in total. The van der Waals surface area contributed by atoms with Crippen molar-refractivity contribution < 1.29 is 14.2 Å². The number of aliphatic imine (C=N–C) groups is 1. The largest absolute Gasteiger partial charge is 0.494 e. The second-order valence-electron chi connectivity index (χ2n) is 6.24. The number of aliphatic hydroxyl groups excluding tert-OH is 1. The summed E-state index contributed by atoms with van der Waals surface area (Å²) < 4.78 is 18.8. The fourth-order valence-electron chi connectivity index (χ4n) is 3.00. The molecule has 0 heterocycles. The molecule has 0 aliphatic heterocycles. The molecule has 0 saturated heterocycles. The number of rotatable bonds is 6. The Labute approximate surface area is 166 Å². The van der Waals surface area contributed by atoms with Gasteiger partial charge in [-0.05, 0) is 44.4 Å². The minimum absolute atomic E-state index is 0. The summed E-state index contributed by atoms with van der Waals surface area (Å²) in [5.74, 6) is 0.774. The smallest absolute Gasteiger partial charge is 0.191 e. The first-order chi connectivity index (χ1) is 11.5. The maximum Gasteiger partial charge on any atom is 0.191 e. The highest BCUT2D eigenvalue weighted by atomic mass is 127. The fraction of sp³-hybridized carbons (Fsp3) is 0.611. The van der Waals surface area contributed by atoms with Crippen molar-refractivity contribution in [2.45, 2.75) is 45.3 Å². The van der Waals surface area contributed by atoms with Crippen LogP contribution in [0.5, 0.6) is 5.75 Å². The van der Waals surface area contributed by atoms with Gasteiger partial charge in [-0.1, -0.05) is 12.5 Å². The predicted octanol–water partition coefficient (Wildman–Crippen LogP) is 3.23. The van der Waals surface area contributed by atoms with Crippen molar-refractivity contribution in [2.75, 3.05) is 20.2 Å². The maximum absolute atomic E-state index is 13.9. The summed E-state index contributed by atoms with van der Waals surface area (Å²) in [4.78, 5) is 4.58. The highest BCUT2D eigenvalue weighted by Gasteiger charge is 2.24. The topological polar surface area (TPSA) is 65.9 Å². The Morgan fingerprint density at radius 1 is 1.44 bits per heavy atom. The first-order valence-corrected chi connectivity index (χ1v) is 8.61. The van der Waals surface area contributed by atoms with Crippen LogP contribution in [-0.4, -0.2) is 37.4 Å². The molecule has 3 N–H and O–H groups in total. The summed E-state index contributed by atoms with van der Waals surface area (Å²) in [6.45, 7) is 5.29. The van der Waals surface area contributed by atoms with Crippen molar-refractivity contribution in [3.63, 3.8) is 0 Å². The lowest BCUT2D eigenvalue weighted by molar-refractivity contribution is 0.136. The van der Waals surface area contributed by atoms with Crippen LogP contribution < -0.4 is 15.4 Å². The number of guanidine groups is 1. The third kappa shape index (κ3) is 6.29. The molecule has 142 valence electrons. The highest BCUT2D eigenvalue weighted by molar-refractivity contribution is 14.0. The zero-order valence-electron chi connectivity index (χ0n) is 15.1. The van der Waals surface area contributed by atoms with Crippen LogP contribution >= 0.6 is 24.0 Å². The average Bonchev–Trinajstić information content (AvgIpc) is 2.97. The fourth-order valence-corrected chi connectivity index (χ4v) is 3.00. The Hall–Kier alpha value is -1.09. The second-order valence-corrected chi connectivity index (χ2v) is 6.24. The standard InChI is InChI=1S/C18H28FN3O2.HI/c1-4-20-18(21-11-14-6-5-7-16(14)23)22-12(2)13-8-9-17(24-3)15(19)10-13;/h8-10,12,14,16,23H,4-7,11H2,1-3H3,(H2,20,21,22);1H. The van der Waals surface area contributed by atoms with Gasteiger partial charge in [0.25, 0.3) is 0 Å². The van der Waals surface area contributed by atoms with E-state index in [0.29, 0.717) is 12.5 Å². The molecule has 0 bridgehead atoms. The summed E-state index contributed by atoms with van der Waals surface area (Å²) in [5.41, 5.74) is 0.819. The molecule has 0 aromatic heterocycles. The van der Waals surface area contributed by atoms with Crippen molar-refractivity contribution in [1.29, 1.82) is 0 Å². The highest BCUT2D eigenvalue weighted by Crippen LogP contribution is 2.25. The zero-order valence-corrected chi connectivity index (χ0v) is 17.4. The number of nitrogens with one attached hydrogen (secondary N) is 2. The van der Waals surface area contributed by atoms with Gasteiger partial charge in [-0.15, -0.1) is 24.0 Å². The number of hydrogen-bond acceptors (Lipinski definition) is 3. The van der Waals surface area contributed by atoms with Crippen LogP contribution in [-0.2, 0) is 0 Å². The zero-order chi connectivity index (χ0) is 17.5. The van der Waals surface area contributed by atoms with Crippen molar-refractivity contribution in [2.24, 2.45) is 10.9 Å². The summed E-state index contributed by atoms with van der Waals surface area (Å²) in [6, 6.07) is 4.84. The van der Waals surface area contributed by atoms with Gasteiger partial charge in [0, 0.05) is 19.0 Å². The molecule has 0 amide bonds. The quantitative estimate of drug-likeness (QED) is 0.343. The number of hydrogen-bond donors (Lipinski definition) is 3. The predicted molar refractivity (Wildman–Crippen MR) is 109 cm³/mol. The van der Waals surface area contributed by atoms with E-state index in [2.05, 4.69) is 15.6 Å². The Kier molecular flexibility index (Phi) is 9.48. The van der Waals surface area contributed by atoms with Gasteiger partial charge in [-0.2, -0.15) is 0 Å². The number of benzene rings is 1. The van der Waals surface area contributed by atoms with E-state index in [1.54, 1.807) is 6.07 Å². The summed E-state index contributed by atoms with van der Waals surface area (Å²) in [7, 11) is 1.45. The molecule has 2 rings (SSSR count). The monoisotopic (exact) mass is 465 g/mol. The number of nitrogens with zero attached hydrogens (tertiary/aromatic N) is 1. The molecule has 25 heavy (non-hydrogen) atoms. The molecule has 0 radical (unpaired) electrons. The SMILES string of the molecule is CCNC(=NCC1CCCC1O)NC(C)c1ccc(OC)c(F)c1.I. The number of ether oxygens (including phenoxy) is 1. The van der Waals surface area contributed by atoms with Gasteiger partial charge in [0.1, 0.15) is 0 Å². The minimum Gasteiger partial charge on any atom is -0.494 e. The van der Waals surface area contributed by atoms with Crippen molar-refractivity contribution in [3.8, 4) is 5.75 Å². The lowest BCUT2D eigenvalue weighted by Gasteiger charge is -2.20. The first-order valence-electron chi connectivity index (χ1n) is 8.61. The Balaban J connectivity index is 0.00000312. The summed E-state index contributed by atoms with van der Waals surface area (Å²) >= 11 is 0. The van der Waals surface area contributed by atoms with E-state index in [1.165, 1.54) is 13.2 Å². The molecule has 1 saturated carbocycles. The summed E-state index contributed by atoms with van der Waals surface area (Å²) in [5, 5.41) is 16.4. The van der Waals surface area contributed by atoms with Crippen molar-refractivity contribution in [3.05, 3.63) is 29.6 Å². The third-order valence-electron chi connectivity index (χ3n) is 4.48. The van der Waals surface area contributed by atoms with E-state index in [-0.39, 0.29) is 53.6 Å². The Morgan fingerprint density at radius 2 is 2.20 bits per heavy atom. The molecule has 1 aliphatic rings. The molecule has 1 fully saturated rings. The van der Waals surface area contributed by atoms with Gasteiger partial charge in [-0.3, -0.25) is 4.99 Å². The lowest BCUT2D eigenvalue weighted by Crippen LogP contribution is -2.39. The molecule has 1 aromatic rings. The van der Waals surface area contributed by atoms with Crippen LogP contribution in [0.1, 0.15) is 44.7 Å². The van der Waals surface area contributed by atoms with Crippen LogP contribution in [0.15, 0.2) is 23.2 Å². The van der Waals surface area contributed by atoms with Crippen molar-refractivity contribution in [1.82, 2.24) is 10.6 Å². The number of aliphatic hydroxyl groups is 1. The second kappa shape index (κ2) is 10.8. The van der Waals surface area contributed by atoms with Gasteiger partial charge < -0.3 is 20.5 Å². The van der Waals surface area contributed by atoms with Crippen LogP contribution in [0.3, 0.4) is 0 Å². The van der Waals surface area contributed by atoms with Gasteiger partial charge in [0.05, 0.1) is 19.3 Å². The number of methoxy groups -OCH3 is 1. The molecular weight excluding hydrogens is 436 g/mol. The van der Waals surface area contributed by atoms with E-state index in [1.807, 2.05) is 19.9 Å². The molecule has 0 spiro atoms. The van der Waals surface area contributed by atoms with E-state index in [9.17, 15) is 9.50 Å². The van der Waals surface area contributed by atoms with E-state index in [0.717, 1.165) is 31.4 Å². The molecular formula is C18H29FIN3O2. The van der Waals surface area contributed by atoms with E-state index in [4.69, 9.17) is 4.74 Å². The number of halogens is 2. The van der Waals surface area contributed by atoms with Gasteiger partial charge in [0.2, 0.25) is 0 Å². The minimum atomic E-state index is -0.375. The van der Waals surface area contributed by atoms with Crippen LogP contribution in [0.25, 0.3) is 0 Å². The van der Waals surface area contributed by atoms with Crippen LogP contribution in [0.4, 0.5) is 4.39 Å². The van der Waals surface area contributed by atoms with E-state index >= 15 is 0 Å². The normalized spacial score (nSPS) is 21.4.